The topological polar surface area (TPSA) is 94.8 Å². The van der Waals surface area contributed by atoms with E-state index < -0.39 is 0 Å². The molecule has 0 atom stereocenters. The van der Waals surface area contributed by atoms with E-state index in [2.05, 4.69) is 34.4 Å². The minimum Gasteiger partial charge on any atom is -0.350 e. The van der Waals surface area contributed by atoms with Gasteiger partial charge in [0.15, 0.2) is 0 Å². The monoisotopic (exact) mass is 286 g/mol. The average Bonchev–Trinajstić information content (AvgIpc) is 3.11. The summed E-state index contributed by atoms with van der Waals surface area (Å²) < 4.78 is 7.25. The van der Waals surface area contributed by atoms with Crippen molar-refractivity contribution in [1.29, 1.82) is 0 Å². The van der Waals surface area contributed by atoms with E-state index in [0.717, 1.165) is 16.5 Å². The first-order valence-corrected chi connectivity index (χ1v) is 6.94. The lowest BCUT2D eigenvalue weighted by atomic mass is 10.1. The zero-order valence-corrected chi connectivity index (χ0v) is 12.1. The summed E-state index contributed by atoms with van der Waals surface area (Å²) in [5, 5.41) is 12.4. The van der Waals surface area contributed by atoms with Crippen LogP contribution in [0, 0.1) is 0 Å². The van der Waals surface area contributed by atoms with Crippen LogP contribution in [0.3, 0.4) is 0 Å². The number of fused-ring (bicyclic) bond motifs is 1. The van der Waals surface area contributed by atoms with Gasteiger partial charge in [-0.15, -0.1) is 0 Å². The fourth-order valence-electron chi connectivity index (χ4n) is 2.18. The van der Waals surface area contributed by atoms with Gasteiger partial charge in [-0.2, -0.15) is 10.1 Å². The quantitative estimate of drug-likeness (QED) is 0.745. The zero-order valence-electron chi connectivity index (χ0n) is 12.1. The molecule has 0 aliphatic rings. The Labute approximate surface area is 122 Å². The summed E-state index contributed by atoms with van der Waals surface area (Å²) >= 11 is 0. The molecule has 0 aliphatic carbocycles. The molecule has 0 saturated heterocycles. The molecule has 110 valence electrons. The number of nitrogens with one attached hydrogen (secondary N) is 1. The SMILES string of the molecule is CC(C)n1ncc2ccc(-c3nc(NCCN)no3)cc21. The molecule has 1 aromatic carbocycles. The van der Waals surface area contributed by atoms with Gasteiger partial charge in [0.25, 0.3) is 11.8 Å². The van der Waals surface area contributed by atoms with Crippen molar-refractivity contribution in [3.8, 4) is 11.5 Å². The van der Waals surface area contributed by atoms with Crippen LogP contribution in [-0.4, -0.2) is 33.0 Å². The van der Waals surface area contributed by atoms with Gasteiger partial charge in [-0.05, 0) is 31.1 Å². The van der Waals surface area contributed by atoms with Crippen molar-refractivity contribution in [2.24, 2.45) is 5.73 Å². The summed E-state index contributed by atoms with van der Waals surface area (Å²) in [5.41, 5.74) is 7.36. The van der Waals surface area contributed by atoms with Crippen LogP contribution >= 0.6 is 0 Å². The van der Waals surface area contributed by atoms with Crippen molar-refractivity contribution in [3.05, 3.63) is 24.4 Å². The molecule has 0 unspecified atom stereocenters. The number of aromatic nitrogens is 4. The maximum absolute atomic E-state index is 5.43. The van der Waals surface area contributed by atoms with Crippen molar-refractivity contribution in [2.45, 2.75) is 19.9 Å². The second kappa shape index (κ2) is 5.53. The molecule has 0 spiro atoms. The zero-order chi connectivity index (χ0) is 14.8. The highest BCUT2D eigenvalue weighted by Crippen LogP contribution is 2.25. The second-order valence-corrected chi connectivity index (χ2v) is 5.10. The van der Waals surface area contributed by atoms with Gasteiger partial charge in [0.1, 0.15) is 0 Å². The van der Waals surface area contributed by atoms with Crippen LogP contribution in [0.2, 0.25) is 0 Å². The molecule has 2 aromatic heterocycles. The number of nitrogens with two attached hydrogens (primary N) is 1. The Bertz CT molecular complexity index is 745. The van der Waals surface area contributed by atoms with E-state index in [0.29, 0.717) is 31.0 Å². The van der Waals surface area contributed by atoms with E-state index in [4.69, 9.17) is 10.3 Å². The highest BCUT2D eigenvalue weighted by Gasteiger charge is 2.12. The number of nitrogens with zero attached hydrogens (tertiary/aromatic N) is 4. The number of hydrogen-bond acceptors (Lipinski definition) is 6. The standard InChI is InChI=1S/C14H18N6O/c1-9(2)20-12-7-10(3-4-11(12)8-17-20)13-18-14(19-21-13)16-6-5-15/h3-4,7-9H,5-6,15H2,1-2H3,(H,16,19). The Kier molecular flexibility index (Phi) is 3.57. The molecule has 0 amide bonds. The summed E-state index contributed by atoms with van der Waals surface area (Å²) in [6.07, 6.45) is 1.86. The maximum atomic E-state index is 5.43. The predicted octanol–water partition coefficient (Wildman–Crippen LogP) is 2.04. The number of rotatable bonds is 5. The van der Waals surface area contributed by atoms with E-state index in [1.54, 1.807) is 0 Å². The average molecular weight is 286 g/mol. The molecule has 0 saturated carbocycles. The Morgan fingerprint density at radius 3 is 3.00 bits per heavy atom. The molecule has 0 radical (unpaired) electrons. The van der Waals surface area contributed by atoms with Crippen LogP contribution in [0.15, 0.2) is 28.9 Å². The van der Waals surface area contributed by atoms with Gasteiger partial charge >= 0.3 is 0 Å². The molecule has 0 fully saturated rings. The van der Waals surface area contributed by atoms with E-state index in [9.17, 15) is 0 Å². The molecule has 7 nitrogen and oxygen atoms in total. The minimum atomic E-state index is 0.294. The van der Waals surface area contributed by atoms with Gasteiger partial charge in [-0.25, -0.2) is 0 Å². The van der Waals surface area contributed by atoms with Crippen LogP contribution in [0.25, 0.3) is 22.4 Å². The molecule has 3 aromatic rings. The molecule has 3 rings (SSSR count). The van der Waals surface area contributed by atoms with Crippen molar-refractivity contribution in [2.75, 3.05) is 18.4 Å². The Balaban J connectivity index is 1.96. The van der Waals surface area contributed by atoms with Crippen LogP contribution in [-0.2, 0) is 0 Å². The van der Waals surface area contributed by atoms with Crippen molar-refractivity contribution < 1.29 is 4.52 Å². The first-order chi connectivity index (χ1) is 10.2. The van der Waals surface area contributed by atoms with Gasteiger partial charge in [-0.3, -0.25) is 4.68 Å². The molecule has 7 heteroatoms. The maximum Gasteiger partial charge on any atom is 0.263 e. The summed E-state index contributed by atoms with van der Waals surface area (Å²) in [6, 6.07) is 6.27. The Morgan fingerprint density at radius 1 is 1.38 bits per heavy atom. The normalized spacial score (nSPS) is 11.4. The lowest BCUT2D eigenvalue weighted by molar-refractivity contribution is 0.432. The molecule has 0 bridgehead atoms. The van der Waals surface area contributed by atoms with E-state index >= 15 is 0 Å². The van der Waals surface area contributed by atoms with Gasteiger partial charge in [0.05, 0.1) is 11.7 Å². The van der Waals surface area contributed by atoms with Crippen molar-refractivity contribution in [3.63, 3.8) is 0 Å². The lowest BCUT2D eigenvalue weighted by Crippen LogP contribution is -2.13. The van der Waals surface area contributed by atoms with Crippen LogP contribution < -0.4 is 11.1 Å². The van der Waals surface area contributed by atoms with Crippen molar-refractivity contribution in [1.82, 2.24) is 19.9 Å². The third-order valence-electron chi connectivity index (χ3n) is 3.19. The minimum absolute atomic E-state index is 0.294. The third kappa shape index (κ3) is 2.59. The van der Waals surface area contributed by atoms with Gasteiger partial charge in [-0.1, -0.05) is 6.07 Å². The summed E-state index contributed by atoms with van der Waals surface area (Å²) in [6.45, 7) is 5.32. The summed E-state index contributed by atoms with van der Waals surface area (Å²) in [5.74, 6) is 0.931. The molecule has 0 aliphatic heterocycles. The Hall–Kier alpha value is -2.41. The second-order valence-electron chi connectivity index (χ2n) is 5.10. The first kappa shape index (κ1) is 13.6. The molecule has 2 heterocycles. The number of anilines is 1. The first-order valence-electron chi connectivity index (χ1n) is 6.94. The fraction of sp³-hybridized carbons (Fsp3) is 0.357. The van der Waals surface area contributed by atoms with Gasteiger partial charge in [0, 0.05) is 30.1 Å². The molecular weight excluding hydrogens is 268 g/mol. The van der Waals surface area contributed by atoms with E-state index in [1.807, 2.05) is 29.1 Å². The number of hydrogen-bond donors (Lipinski definition) is 2. The summed E-state index contributed by atoms with van der Waals surface area (Å²) in [7, 11) is 0. The number of benzene rings is 1. The molecular formula is C14H18N6O. The largest absolute Gasteiger partial charge is 0.350 e. The highest BCUT2D eigenvalue weighted by molar-refractivity contribution is 5.83. The van der Waals surface area contributed by atoms with Crippen LogP contribution in [0.4, 0.5) is 5.95 Å². The van der Waals surface area contributed by atoms with Gasteiger partial charge in [0.2, 0.25) is 0 Å². The Morgan fingerprint density at radius 2 is 2.24 bits per heavy atom. The van der Waals surface area contributed by atoms with Crippen molar-refractivity contribution >= 4 is 16.9 Å². The lowest BCUT2D eigenvalue weighted by Gasteiger charge is -2.07. The smallest absolute Gasteiger partial charge is 0.263 e. The third-order valence-corrected chi connectivity index (χ3v) is 3.19. The van der Waals surface area contributed by atoms with E-state index in [1.165, 1.54) is 0 Å². The molecule has 3 N–H and O–H groups in total. The van der Waals surface area contributed by atoms with Crippen LogP contribution in [0.1, 0.15) is 19.9 Å². The summed E-state index contributed by atoms with van der Waals surface area (Å²) in [4.78, 5) is 4.31. The van der Waals surface area contributed by atoms with E-state index in [-0.39, 0.29) is 0 Å². The predicted molar refractivity (Wildman–Crippen MR) is 81.0 cm³/mol. The molecule has 21 heavy (non-hydrogen) atoms. The fourth-order valence-corrected chi connectivity index (χ4v) is 2.18. The highest BCUT2D eigenvalue weighted by atomic mass is 16.5. The van der Waals surface area contributed by atoms with Gasteiger partial charge < -0.3 is 15.6 Å². The van der Waals surface area contributed by atoms with Crippen LogP contribution in [0.5, 0.6) is 0 Å².